The summed E-state index contributed by atoms with van der Waals surface area (Å²) in [6.45, 7) is 2.69. The standard InChI is InChI=1S/C20H19Cl2NO/c1-12(13-5-7-16(21)8-6-13)23-11-15-9-17(22)10-18(14-3-2-4-14)19(15)20(23)24/h5-10,12,14H,2-4,11H2,1H3/t12-/m0/s1. The van der Waals surface area contributed by atoms with Crippen LogP contribution in [0, 0.1) is 0 Å². The number of rotatable bonds is 3. The Bertz CT molecular complexity index is 796. The molecule has 0 radical (unpaired) electrons. The zero-order valence-electron chi connectivity index (χ0n) is 13.6. The topological polar surface area (TPSA) is 20.3 Å². The van der Waals surface area contributed by atoms with Crippen LogP contribution >= 0.6 is 23.2 Å². The summed E-state index contributed by atoms with van der Waals surface area (Å²) >= 11 is 12.3. The van der Waals surface area contributed by atoms with E-state index in [1.807, 2.05) is 41.3 Å². The summed E-state index contributed by atoms with van der Waals surface area (Å²) in [4.78, 5) is 15.0. The number of nitrogens with zero attached hydrogens (tertiary/aromatic N) is 1. The lowest BCUT2D eigenvalue weighted by Crippen LogP contribution is -2.28. The molecule has 1 fully saturated rings. The van der Waals surface area contributed by atoms with Crippen molar-refractivity contribution >= 4 is 29.1 Å². The highest BCUT2D eigenvalue weighted by Gasteiger charge is 2.36. The maximum Gasteiger partial charge on any atom is 0.255 e. The first-order valence-electron chi connectivity index (χ1n) is 8.43. The molecule has 4 rings (SSSR count). The first-order valence-corrected chi connectivity index (χ1v) is 9.19. The molecule has 1 atom stereocenters. The van der Waals surface area contributed by atoms with Gasteiger partial charge in [0.1, 0.15) is 0 Å². The molecule has 1 saturated carbocycles. The minimum atomic E-state index is 0.00943. The van der Waals surface area contributed by atoms with E-state index in [0.29, 0.717) is 17.5 Å². The molecule has 2 aromatic rings. The first kappa shape index (κ1) is 16.0. The monoisotopic (exact) mass is 359 g/mol. The summed E-state index contributed by atoms with van der Waals surface area (Å²) in [5.74, 6) is 0.623. The predicted molar refractivity (Wildman–Crippen MR) is 97.8 cm³/mol. The molecule has 2 aromatic carbocycles. The number of hydrogen-bond acceptors (Lipinski definition) is 1. The third-order valence-electron chi connectivity index (χ3n) is 5.40. The minimum Gasteiger partial charge on any atom is -0.328 e. The Morgan fingerprint density at radius 2 is 1.79 bits per heavy atom. The van der Waals surface area contributed by atoms with Crippen LogP contribution in [0.15, 0.2) is 36.4 Å². The summed E-state index contributed by atoms with van der Waals surface area (Å²) in [6, 6.07) is 11.7. The summed E-state index contributed by atoms with van der Waals surface area (Å²) in [5.41, 5.74) is 4.21. The normalized spacial score (nSPS) is 18.5. The molecule has 0 aromatic heterocycles. The lowest BCUT2D eigenvalue weighted by Gasteiger charge is -2.28. The molecule has 124 valence electrons. The number of hydrogen-bond donors (Lipinski definition) is 0. The van der Waals surface area contributed by atoms with E-state index in [1.54, 1.807) is 0 Å². The Hall–Kier alpha value is -1.51. The van der Waals surface area contributed by atoms with Gasteiger partial charge in [0, 0.05) is 22.2 Å². The van der Waals surface area contributed by atoms with E-state index < -0.39 is 0 Å². The average Bonchev–Trinajstić information content (AvgIpc) is 2.82. The van der Waals surface area contributed by atoms with Crippen LogP contribution in [0.3, 0.4) is 0 Å². The van der Waals surface area contributed by atoms with Crippen molar-refractivity contribution in [1.29, 1.82) is 0 Å². The highest BCUT2D eigenvalue weighted by molar-refractivity contribution is 6.31. The summed E-state index contributed by atoms with van der Waals surface area (Å²) in [6.07, 6.45) is 3.56. The van der Waals surface area contributed by atoms with E-state index in [1.165, 1.54) is 6.42 Å². The molecule has 0 spiro atoms. The molecule has 1 aliphatic heterocycles. The molecular formula is C20H19Cl2NO. The van der Waals surface area contributed by atoms with Gasteiger partial charge in [-0.15, -0.1) is 0 Å². The van der Waals surface area contributed by atoms with Crippen LogP contribution in [0.4, 0.5) is 0 Å². The van der Waals surface area contributed by atoms with Crippen molar-refractivity contribution < 1.29 is 4.79 Å². The quantitative estimate of drug-likeness (QED) is 0.660. The van der Waals surface area contributed by atoms with Crippen LogP contribution in [-0.4, -0.2) is 10.8 Å². The number of carbonyl (C=O) groups is 1. The van der Waals surface area contributed by atoms with Crippen molar-refractivity contribution in [3.05, 3.63) is 68.7 Å². The molecule has 2 nitrogen and oxygen atoms in total. The maximum atomic E-state index is 13.1. The summed E-state index contributed by atoms with van der Waals surface area (Å²) < 4.78 is 0. The molecule has 0 bridgehead atoms. The van der Waals surface area contributed by atoms with Gasteiger partial charge in [0.05, 0.1) is 6.04 Å². The highest BCUT2D eigenvalue weighted by atomic mass is 35.5. The number of carbonyl (C=O) groups excluding carboxylic acids is 1. The van der Waals surface area contributed by atoms with Crippen molar-refractivity contribution in [2.24, 2.45) is 0 Å². The number of halogens is 2. The zero-order chi connectivity index (χ0) is 16.8. The lowest BCUT2D eigenvalue weighted by molar-refractivity contribution is 0.0714. The van der Waals surface area contributed by atoms with Crippen LogP contribution in [0.5, 0.6) is 0 Å². The molecule has 1 heterocycles. The van der Waals surface area contributed by atoms with E-state index in [-0.39, 0.29) is 11.9 Å². The van der Waals surface area contributed by atoms with Gasteiger partial charge in [-0.1, -0.05) is 41.8 Å². The zero-order valence-corrected chi connectivity index (χ0v) is 15.1. The highest BCUT2D eigenvalue weighted by Crippen LogP contribution is 2.43. The molecule has 4 heteroatoms. The van der Waals surface area contributed by atoms with Crippen molar-refractivity contribution in [2.75, 3.05) is 0 Å². The smallest absolute Gasteiger partial charge is 0.255 e. The largest absolute Gasteiger partial charge is 0.328 e. The fourth-order valence-corrected chi connectivity index (χ4v) is 4.12. The van der Waals surface area contributed by atoms with Gasteiger partial charge in [-0.2, -0.15) is 0 Å². The second-order valence-corrected chi connectivity index (χ2v) is 7.69. The van der Waals surface area contributed by atoms with Gasteiger partial charge in [-0.3, -0.25) is 4.79 Å². The summed E-state index contributed by atoms with van der Waals surface area (Å²) in [7, 11) is 0. The molecule has 2 aliphatic rings. The van der Waals surface area contributed by atoms with Crippen molar-refractivity contribution in [2.45, 2.75) is 44.7 Å². The molecule has 1 aliphatic carbocycles. The van der Waals surface area contributed by atoms with Crippen molar-refractivity contribution in [1.82, 2.24) is 4.90 Å². The Morgan fingerprint density at radius 1 is 1.08 bits per heavy atom. The minimum absolute atomic E-state index is 0.00943. The van der Waals surface area contributed by atoms with E-state index in [9.17, 15) is 4.79 Å². The van der Waals surface area contributed by atoms with Gasteiger partial charge in [-0.25, -0.2) is 0 Å². The molecule has 0 N–H and O–H groups in total. The van der Waals surface area contributed by atoms with E-state index in [2.05, 4.69) is 6.92 Å². The van der Waals surface area contributed by atoms with Gasteiger partial charge in [-0.05, 0) is 66.6 Å². The molecule has 1 amide bonds. The van der Waals surface area contributed by atoms with Crippen molar-refractivity contribution in [3.8, 4) is 0 Å². The van der Waals surface area contributed by atoms with E-state index in [4.69, 9.17) is 23.2 Å². The Balaban J connectivity index is 1.68. The van der Waals surface area contributed by atoms with E-state index in [0.717, 1.165) is 40.1 Å². The number of fused-ring (bicyclic) bond motifs is 1. The number of benzene rings is 2. The Labute approximate surface area is 152 Å². The van der Waals surface area contributed by atoms with Crippen LogP contribution in [-0.2, 0) is 6.54 Å². The third-order valence-corrected chi connectivity index (χ3v) is 5.87. The Kier molecular flexibility index (Phi) is 4.06. The molecule has 0 unspecified atom stereocenters. The van der Waals surface area contributed by atoms with Crippen LogP contribution in [0.2, 0.25) is 10.0 Å². The fraction of sp³-hybridized carbons (Fsp3) is 0.350. The van der Waals surface area contributed by atoms with Gasteiger partial charge >= 0.3 is 0 Å². The average molecular weight is 360 g/mol. The fourth-order valence-electron chi connectivity index (χ4n) is 3.75. The molecular weight excluding hydrogens is 341 g/mol. The van der Waals surface area contributed by atoms with Crippen LogP contribution < -0.4 is 0 Å². The maximum absolute atomic E-state index is 13.1. The van der Waals surface area contributed by atoms with E-state index >= 15 is 0 Å². The SMILES string of the molecule is C[C@@H](c1ccc(Cl)cc1)N1Cc2cc(Cl)cc(C3CCC3)c2C1=O. The van der Waals surface area contributed by atoms with Gasteiger partial charge in [0.15, 0.2) is 0 Å². The third kappa shape index (κ3) is 2.62. The van der Waals surface area contributed by atoms with Gasteiger partial charge < -0.3 is 4.90 Å². The molecule has 0 saturated heterocycles. The van der Waals surface area contributed by atoms with Gasteiger partial charge in [0.2, 0.25) is 0 Å². The lowest BCUT2D eigenvalue weighted by atomic mass is 9.77. The second-order valence-electron chi connectivity index (χ2n) is 6.82. The van der Waals surface area contributed by atoms with Gasteiger partial charge in [0.25, 0.3) is 5.91 Å². The van der Waals surface area contributed by atoms with Crippen molar-refractivity contribution in [3.63, 3.8) is 0 Å². The first-order chi connectivity index (χ1) is 11.5. The predicted octanol–water partition coefficient (Wildman–Crippen LogP) is 5.98. The molecule has 24 heavy (non-hydrogen) atoms. The van der Waals surface area contributed by atoms with Crippen LogP contribution in [0.25, 0.3) is 0 Å². The van der Waals surface area contributed by atoms with Crippen LogP contribution in [0.1, 0.15) is 65.2 Å². The number of amides is 1. The Morgan fingerprint density at radius 3 is 2.42 bits per heavy atom. The second kappa shape index (κ2) is 6.09. The summed E-state index contributed by atoms with van der Waals surface area (Å²) in [5, 5.41) is 1.45.